The molecule has 1 aliphatic heterocycles. The van der Waals surface area contributed by atoms with Crippen LogP contribution in [0, 0.1) is 5.92 Å². The van der Waals surface area contributed by atoms with Crippen molar-refractivity contribution in [3.8, 4) is 0 Å². The van der Waals surface area contributed by atoms with E-state index in [1.54, 1.807) is 11.3 Å². The molecule has 2 aliphatic rings. The second-order valence-electron chi connectivity index (χ2n) is 8.52. The molecule has 0 amide bonds. The van der Waals surface area contributed by atoms with Crippen molar-refractivity contribution in [3.63, 3.8) is 0 Å². The van der Waals surface area contributed by atoms with E-state index in [0.717, 1.165) is 55.1 Å². The molecule has 1 saturated heterocycles. The first-order chi connectivity index (χ1) is 14.1. The number of H-pyrrole nitrogens is 1. The molecule has 0 spiro atoms. The summed E-state index contributed by atoms with van der Waals surface area (Å²) in [5.74, 6) is 1.51. The first kappa shape index (κ1) is 18.8. The van der Waals surface area contributed by atoms with Gasteiger partial charge in [-0.3, -0.25) is 9.69 Å². The average molecular weight is 409 g/mol. The molecule has 5 nitrogen and oxygen atoms in total. The van der Waals surface area contributed by atoms with Crippen molar-refractivity contribution in [3.05, 3.63) is 57.0 Å². The van der Waals surface area contributed by atoms with Gasteiger partial charge >= 0.3 is 0 Å². The van der Waals surface area contributed by atoms with E-state index in [1.807, 2.05) is 0 Å². The number of hydrogen-bond acceptors (Lipinski definition) is 5. The van der Waals surface area contributed by atoms with E-state index in [-0.39, 0.29) is 11.6 Å². The van der Waals surface area contributed by atoms with Gasteiger partial charge in [0.25, 0.3) is 5.56 Å². The van der Waals surface area contributed by atoms with Crippen LogP contribution in [0.25, 0.3) is 10.2 Å². The SMILES string of the molecule is C[C@H]1CCc2c(sc3nc([C@@H](C)N4CCN(c5ccccc5)CC4)[nH]c(=O)c23)C1. The lowest BCUT2D eigenvalue weighted by Crippen LogP contribution is -2.47. The monoisotopic (exact) mass is 408 g/mol. The van der Waals surface area contributed by atoms with Crippen molar-refractivity contribution >= 4 is 27.2 Å². The summed E-state index contributed by atoms with van der Waals surface area (Å²) in [7, 11) is 0. The van der Waals surface area contributed by atoms with Crippen LogP contribution in [0.4, 0.5) is 5.69 Å². The molecule has 2 atom stereocenters. The first-order valence-corrected chi connectivity index (χ1v) is 11.5. The minimum Gasteiger partial charge on any atom is -0.369 e. The second kappa shape index (κ2) is 7.58. The van der Waals surface area contributed by atoms with E-state index >= 15 is 0 Å². The number of nitrogens with one attached hydrogen (secondary N) is 1. The highest BCUT2D eigenvalue weighted by molar-refractivity contribution is 7.18. The molecule has 152 valence electrons. The number of aromatic nitrogens is 2. The van der Waals surface area contributed by atoms with Gasteiger partial charge in [-0.2, -0.15) is 0 Å². The summed E-state index contributed by atoms with van der Waals surface area (Å²) < 4.78 is 0. The number of aryl methyl sites for hydroxylation is 1. The van der Waals surface area contributed by atoms with Gasteiger partial charge in [0.05, 0.1) is 11.4 Å². The van der Waals surface area contributed by atoms with Crippen molar-refractivity contribution in [1.82, 2.24) is 14.9 Å². The summed E-state index contributed by atoms with van der Waals surface area (Å²) in [6, 6.07) is 10.7. The number of thiophene rings is 1. The molecular formula is C23H28N4OS. The number of para-hydroxylation sites is 1. The Morgan fingerprint density at radius 2 is 1.93 bits per heavy atom. The fourth-order valence-electron chi connectivity index (χ4n) is 4.74. The number of benzene rings is 1. The zero-order valence-corrected chi connectivity index (χ0v) is 18.0. The van der Waals surface area contributed by atoms with E-state index in [9.17, 15) is 4.79 Å². The number of fused-ring (bicyclic) bond motifs is 3. The topological polar surface area (TPSA) is 52.2 Å². The molecule has 1 fully saturated rings. The summed E-state index contributed by atoms with van der Waals surface area (Å²) >= 11 is 1.74. The fourth-order valence-corrected chi connectivity index (χ4v) is 6.13. The van der Waals surface area contributed by atoms with Gasteiger partial charge in [-0.05, 0) is 49.8 Å². The van der Waals surface area contributed by atoms with Gasteiger partial charge < -0.3 is 9.88 Å². The Hall–Kier alpha value is -2.18. The van der Waals surface area contributed by atoms with Gasteiger partial charge in [-0.25, -0.2) is 4.98 Å². The van der Waals surface area contributed by atoms with Gasteiger partial charge in [0.1, 0.15) is 10.7 Å². The lowest BCUT2D eigenvalue weighted by atomic mass is 9.89. The maximum atomic E-state index is 12.9. The molecule has 1 N–H and O–H groups in total. The average Bonchev–Trinajstić information content (AvgIpc) is 3.11. The number of piperazine rings is 1. The van der Waals surface area contributed by atoms with Crippen LogP contribution in [-0.4, -0.2) is 41.0 Å². The molecule has 2 aromatic heterocycles. The first-order valence-electron chi connectivity index (χ1n) is 10.7. The predicted octanol–water partition coefficient (Wildman–Crippen LogP) is 3.99. The smallest absolute Gasteiger partial charge is 0.259 e. The van der Waals surface area contributed by atoms with Crippen LogP contribution in [0.1, 0.15) is 42.6 Å². The van der Waals surface area contributed by atoms with E-state index in [1.165, 1.54) is 22.5 Å². The molecule has 0 saturated carbocycles. The number of hydrogen-bond donors (Lipinski definition) is 1. The van der Waals surface area contributed by atoms with E-state index in [0.29, 0.717) is 5.92 Å². The maximum absolute atomic E-state index is 12.9. The van der Waals surface area contributed by atoms with Gasteiger partial charge in [0.2, 0.25) is 0 Å². The molecule has 5 rings (SSSR count). The molecule has 1 aliphatic carbocycles. The van der Waals surface area contributed by atoms with Crippen LogP contribution in [0.3, 0.4) is 0 Å². The van der Waals surface area contributed by atoms with E-state index in [2.05, 4.69) is 59.0 Å². The van der Waals surface area contributed by atoms with E-state index < -0.39 is 0 Å². The Morgan fingerprint density at radius 3 is 2.69 bits per heavy atom. The molecule has 29 heavy (non-hydrogen) atoms. The summed E-state index contributed by atoms with van der Waals surface area (Å²) in [5.41, 5.74) is 2.59. The Labute approximate surface area is 175 Å². The van der Waals surface area contributed by atoms with Crippen LogP contribution in [0.15, 0.2) is 35.1 Å². The normalized spacial score (nSPS) is 21.3. The zero-order valence-electron chi connectivity index (χ0n) is 17.1. The van der Waals surface area contributed by atoms with Crippen molar-refractivity contribution in [1.29, 1.82) is 0 Å². The third kappa shape index (κ3) is 3.49. The minimum absolute atomic E-state index is 0.0480. The maximum Gasteiger partial charge on any atom is 0.259 e. The molecule has 0 radical (unpaired) electrons. The van der Waals surface area contributed by atoms with Crippen LogP contribution in [0.2, 0.25) is 0 Å². The fraction of sp³-hybridized carbons (Fsp3) is 0.478. The van der Waals surface area contributed by atoms with Crippen LogP contribution in [0.5, 0.6) is 0 Å². The number of nitrogens with zero attached hydrogens (tertiary/aromatic N) is 3. The van der Waals surface area contributed by atoms with Crippen LogP contribution >= 0.6 is 11.3 Å². The number of anilines is 1. The van der Waals surface area contributed by atoms with E-state index in [4.69, 9.17) is 4.98 Å². The quantitative estimate of drug-likeness (QED) is 0.712. The minimum atomic E-state index is 0.0480. The summed E-state index contributed by atoms with van der Waals surface area (Å²) in [5, 5.41) is 0.849. The molecule has 0 unspecified atom stereocenters. The number of aromatic amines is 1. The van der Waals surface area contributed by atoms with Crippen LogP contribution in [-0.2, 0) is 12.8 Å². The van der Waals surface area contributed by atoms with Gasteiger partial charge in [-0.1, -0.05) is 25.1 Å². The largest absolute Gasteiger partial charge is 0.369 e. The highest BCUT2D eigenvalue weighted by atomic mass is 32.1. The molecule has 6 heteroatoms. The Morgan fingerprint density at radius 1 is 1.17 bits per heavy atom. The Balaban J connectivity index is 1.36. The standard InChI is InChI=1S/C23H28N4OS/c1-15-8-9-18-19(14-15)29-23-20(18)22(28)24-21(25-23)16(2)26-10-12-27(13-11-26)17-6-4-3-5-7-17/h3-7,15-16H,8-14H2,1-2H3,(H,24,25,28)/t15-,16+/m0/s1. The van der Waals surface area contributed by atoms with Gasteiger partial charge in [0, 0.05) is 36.7 Å². The van der Waals surface area contributed by atoms with Gasteiger partial charge in [-0.15, -0.1) is 11.3 Å². The zero-order chi connectivity index (χ0) is 20.0. The second-order valence-corrected chi connectivity index (χ2v) is 9.60. The highest BCUT2D eigenvalue weighted by Crippen LogP contribution is 2.36. The summed E-state index contributed by atoms with van der Waals surface area (Å²) in [6.45, 7) is 8.38. The molecular weight excluding hydrogens is 380 g/mol. The Kier molecular flexibility index (Phi) is 4.92. The van der Waals surface area contributed by atoms with Crippen molar-refractivity contribution in [2.75, 3.05) is 31.1 Å². The summed E-state index contributed by atoms with van der Waals surface area (Å²) in [6.07, 6.45) is 3.27. The van der Waals surface area contributed by atoms with Crippen molar-refractivity contribution in [2.45, 2.75) is 39.2 Å². The third-order valence-electron chi connectivity index (χ3n) is 6.56. The van der Waals surface area contributed by atoms with Crippen molar-refractivity contribution in [2.24, 2.45) is 5.92 Å². The third-order valence-corrected chi connectivity index (χ3v) is 7.71. The number of rotatable bonds is 3. The molecule has 0 bridgehead atoms. The lowest BCUT2D eigenvalue weighted by molar-refractivity contribution is 0.192. The molecule has 3 heterocycles. The van der Waals surface area contributed by atoms with Gasteiger partial charge in [0.15, 0.2) is 0 Å². The van der Waals surface area contributed by atoms with Crippen LogP contribution < -0.4 is 10.5 Å². The molecule has 3 aromatic rings. The Bertz CT molecular complexity index is 1070. The highest BCUT2D eigenvalue weighted by Gasteiger charge is 2.27. The summed E-state index contributed by atoms with van der Waals surface area (Å²) in [4.78, 5) is 28.1. The lowest BCUT2D eigenvalue weighted by Gasteiger charge is -2.38. The predicted molar refractivity (Wildman–Crippen MR) is 120 cm³/mol. The van der Waals surface area contributed by atoms with Crippen molar-refractivity contribution < 1.29 is 0 Å². The molecule has 1 aromatic carbocycles.